The van der Waals surface area contributed by atoms with Crippen molar-refractivity contribution < 1.29 is 18.3 Å². The molecule has 0 saturated heterocycles. The fraction of sp³-hybridized carbons (Fsp3) is 0.250. The highest BCUT2D eigenvalue weighted by molar-refractivity contribution is 5.24. The van der Waals surface area contributed by atoms with E-state index in [-0.39, 0.29) is 24.5 Å². The summed E-state index contributed by atoms with van der Waals surface area (Å²) in [7, 11) is 0. The van der Waals surface area contributed by atoms with E-state index in [9.17, 15) is 18.3 Å². The first-order chi connectivity index (χ1) is 9.99. The summed E-state index contributed by atoms with van der Waals surface area (Å²) >= 11 is 0. The summed E-state index contributed by atoms with van der Waals surface area (Å²) in [5.41, 5.74) is 0.972. The minimum Gasteiger partial charge on any atom is -0.387 e. The molecule has 0 radical (unpaired) electrons. The van der Waals surface area contributed by atoms with E-state index in [0.29, 0.717) is 5.56 Å². The van der Waals surface area contributed by atoms with Crippen molar-refractivity contribution in [2.75, 3.05) is 6.54 Å². The lowest BCUT2D eigenvalue weighted by atomic mass is 10.1. The molecule has 1 unspecified atom stereocenters. The van der Waals surface area contributed by atoms with Gasteiger partial charge in [0.15, 0.2) is 0 Å². The Labute approximate surface area is 121 Å². The standard InChI is InChI=1S/C16H16F3NO/c1-10-5-6-12(17)11(7-10)8-20-9-15(21)16-13(18)3-2-4-14(16)19/h2-7,15,20-21H,8-9H2,1H3. The molecule has 0 heterocycles. The van der Waals surface area contributed by atoms with Gasteiger partial charge in [0, 0.05) is 18.7 Å². The minimum atomic E-state index is -1.33. The Balaban J connectivity index is 1.98. The zero-order valence-electron chi connectivity index (χ0n) is 11.5. The molecule has 2 aromatic rings. The molecule has 0 aliphatic heterocycles. The Hall–Kier alpha value is -1.85. The van der Waals surface area contributed by atoms with Gasteiger partial charge in [-0.1, -0.05) is 23.8 Å². The van der Waals surface area contributed by atoms with E-state index in [1.807, 2.05) is 6.92 Å². The molecule has 2 rings (SSSR count). The van der Waals surface area contributed by atoms with Crippen molar-refractivity contribution in [2.24, 2.45) is 0 Å². The minimum absolute atomic E-state index is 0.0781. The normalized spacial score (nSPS) is 12.4. The molecule has 1 atom stereocenters. The molecule has 112 valence electrons. The Morgan fingerprint density at radius 1 is 1.05 bits per heavy atom. The number of hydrogen-bond acceptors (Lipinski definition) is 2. The monoisotopic (exact) mass is 295 g/mol. The second-order valence-electron chi connectivity index (χ2n) is 4.88. The van der Waals surface area contributed by atoms with Crippen molar-refractivity contribution in [1.29, 1.82) is 0 Å². The maximum Gasteiger partial charge on any atom is 0.131 e. The van der Waals surface area contributed by atoms with Crippen molar-refractivity contribution in [3.8, 4) is 0 Å². The third-order valence-electron chi connectivity index (χ3n) is 3.19. The second-order valence-corrected chi connectivity index (χ2v) is 4.88. The van der Waals surface area contributed by atoms with Gasteiger partial charge in [-0.2, -0.15) is 0 Å². The van der Waals surface area contributed by atoms with Crippen molar-refractivity contribution in [2.45, 2.75) is 19.6 Å². The Kier molecular flexibility index (Phi) is 4.98. The van der Waals surface area contributed by atoms with Crippen LogP contribution in [0, 0.1) is 24.4 Å². The lowest BCUT2D eigenvalue weighted by Gasteiger charge is -2.14. The molecule has 0 amide bonds. The number of nitrogens with one attached hydrogen (secondary N) is 1. The molecule has 0 aliphatic carbocycles. The highest BCUT2D eigenvalue weighted by Gasteiger charge is 2.17. The van der Waals surface area contributed by atoms with Gasteiger partial charge in [0.25, 0.3) is 0 Å². The van der Waals surface area contributed by atoms with Crippen molar-refractivity contribution in [3.05, 3.63) is 70.5 Å². The highest BCUT2D eigenvalue weighted by atomic mass is 19.1. The number of aliphatic hydroxyl groups excluding tert-OH is 1. The Morgan fingerprint density at radius 2 is 1.71 bits per heavy atom. The third-order valence-corrected chi connectivity index (χ3v) is 3.19. The predicted molar refractivity (Wildman–Crippen MR) is 74.2 cm³/mol. The van der Waals surface area contributed by atoms with Gasteiger partial charge in [-0.05, 0) is 25.1 Å². The molecule has 2 aromatic carbocycles. The number of rotatable bonds is 5. The summed E-state index contributed by atoms with van der Waals surface area (Å²) in [4.78, 5) is 0. The smallest absolute Gasteiger partial charge is 0.131 e. The topological polar surface area (TPSA) is 32.3 Å². The number of benzene rings is 2. The molecule has 2 N–H and O–H groups in total. The van der Waals surface area contributed by atoms with Gasteiger partial charge < -0.3 is 10.4 Å². The Bertz CT molecular complexity index is 611. The number of aryl methyl sites for hydroxylation is 1. The zero-order chi connectivity index (χ0) is 15.4. The number of aliphatic hydroxyl groups is 1. The molecule has 0 saturated carbocycles. The average molecular weight is 295 g/mol. The van der Waals surface area contributed by atoms with Crippen LogP contribution in [-0.4, -0.2) is 11.7 Å². The fourth-order valence-electron chi connectivity index (χ4n) is 2.11. The largest absolute Gasteiger partial charge is 0.387 e. The van der Waals surface area contributed by atoms with E-state index in [1.54, 1.807) is 12.1 Å². The average Bonchev–Trinajstić information content (AvgIpc) is 2.42. The van der Waals surface area contributed by atoms with Gasteiger partial charge in [0.05, 0.1) is 11.7 Å². The van der Waals surface area contributed by atoms with E-state index in [4.69, 9.17) is 0 Å². The van der Waals surface area contributed by atoms with Crippen LogP contribution < -0.4 is 5.32 Å². The van der Waals surface area contributed by atoms with Crippen LogP contribution in [0.25, 0.3) is 0 Å². The van der Waals surface area contributed by atoms with Gasteiger partial charge in [0.2, 0.25) is 0 Å². The molecule has 2 nitrogen and oxygen atoms in total. The highest BCUT2D eigenvalue weighted by Crippen LogP contribution is 2.20. The molecule has 0 spiro atoms. The van der Waals surface area contributed by atoms with E-state index in [1.165, 1.54) is 12.1 Å². The maximum absolute atomic E-state index is 13.5. The summed E-state index contributed by atoms with van der Waals surface area (Å²) in [6, 6.07) is 8.10. The lowest BCUT2D eigenvalue weighted by Crippen LogP contribution is -2.23. The van der Waals surface area contributed by atoms with Crippen molar-refractivity contribution >= 4 is 0 Å². The second kappa shape index (κ2) is 6.74. The van der Waals surface area contributed by atoms with Crippen LogP contribution in [0.1, 0.15) is 22.8 Å². The summed E-state index contributed by atoms with van der Waals surface area (Å²) in [6.07, 6.45) is -1.33. The summed E-state index contributed by atoms with van der Waals surface area (Å²) < 4.78 is 40.5. The van der Waals surface area contributed by atoms with Crippen LogP contribution in [-0.2, 0) is 6.54 Å². The van der Waals surface area contributed by atoms with Crippen LogP contribution in [0.3, 0.4) is 0 Å². The first-order valence-corrected chi connectivity index (χ1v) is 6.56. The number of hydrogen-bond donors (Lipinski definition) is 2. The van der Waals surface area contributed by atoms with E-state index in [2.05, 4.69) is 5.32 Å². The van der Waals surface area contributed by atoms with Crippen molar-refractivity contribution in [3.63, 3.8) is 0 Å². The summed E-state index contributed by atoms with van der Waals surface area (Å²) in [5, 5.41) is 12.6. The van der Waals surface area contributed by atoms with Crippen LogP contribution >= 0.6 is 0 Å². The van der Waals surface area contributed by atoms with Crippen LogP contribution in [0.15, 0.2) is 36.4 Å². The van der Waals surface area contributed by atoms with Gasteiger partial charge in [0.1, 0.15) is 17.5 Å². The maximum atomic E-state index is 13.5. The SMILES string of the molecule is Cc1ccc(F)c(CNCC(O)c2c(F)cccc2F)c1. The molecule has 0 aliphatic rings. The van der Waals surface area contributed by atoms with Crippen LogP contribution in [0.5, 0.6) is 0 Å². The van der Waals surface area contributed by atoms with Gasteiger partial charge in [-0.15, -0.1) is 0 Å². The predicted octanol–water partition coefficient (Wildman–Crippen LogP) is 3.24. The summed E-state index contributed by atoms with van der Waals surface area (Å²) in [6.45, 7) is 1.93. The first-order valence-electron chi connectivity index (χ1n) is 6.56. The third kappa shape index (κ3) is 3.83. The van der Waals surface area contributed by atoms with E-state index >= 15 is 0 Å². The Morgan fingerprint density at radius 3 is 2.38 bits per heavy atom. The summed E-state index contributed by atoms with van der Waals surface area (Å²) in [5.74, 6) is -1.96. The van der Waals surface area contributed by atoms with E-state index in [0.717, 1.165) is 17.7 Å². The van der Waals surface area contributed by atoms with Gasteiger partial charge in [-0.3, -0.25) is 0 Å². The molecule has 21 heavy (non-hydrogen) atoms. The quantitative estimate of drug-likeness (QED) is 0.887. The van der Waals surface area contributed by atoms with Crippen LogP contribution in [0.2, 0.25) is 0 Å². The van der Waals surface area contributed by atoms with Crippen molar-refractivity contribution in [1.82, 2.24) is 5.32 Å². The molecular weight excluding hydrogens is 279 g/mol. The van der Waals surface area contributed by atoms with Crippen LogP contribution in [0.4, 0.5) is 13.2 Å². The molecule has 5 heteroatoms. The van der Waals surface area contributed by atoms with Gasteiger partial charge in [-0.25, -0.2) is 13.2 Å². The van der Waals surface area contributed by atoms with Gasteiger partial charge >= 0.3 is 0 Å². The molecule has 0 bridgehead atoms. The molecule has 0 aromatic heterocycles. The molecular formula is C16H16F3NO. The molecule has 0 fully saturated rings. The number of halogens is 3. The van der Waals surface area contributed by atoms with E-state index < -0.39 is 17.7 Å². The lowest BCUT2D eigenvalue weighted by molar-refractivity contribution is 0.164. The zero-order valence-corrected chi connectivity index (χ0v) is 11.5. The fourth-order valence-corrected chi connectivity index (χ4v) is 2.11. The first kappa shape index (κ1) is 15.5.